The van der Waals surface area contributed by atoms with Gasteiger partial charge in [-0.3, -0.25) is 0 Å². The van der Waals surface area contributed by atoms with Crippen LogP contribution in [0.1, 0.15) is 51.4 Å². The van der Waals surface area contributed by atoms with Crippen molar-refractivity contribution >= 4 is 0 Å². The molecule has 2 aliphatic carbocycles. The highest BCUT2D eigenvalue weighted by Crippen LogP contribution is 2.20. The number of allylic oxidation sites excluding steroid dienone is 2. The van der Waals surface area contributed by atoms with Gasteiger partial charge in [-0.2, -0.15) is 0 Å². The summed E-state index contributed by atoms with van der Waals surface area (Å²) in [5, 5.41) is 0. The van der Waals surface area contributed by atoms with Crippen molar-refractivity contribution in [1.82, 2.24) is 0 Å². The molecule has 15 heavy (non-hydrogen) atoms. The van der Waals surface area contributed by atoms with Gasteiger partial charge in [0.05, 0.1) is 13.2 Å². The van der Waals surface area contributed by atoms with Crippen molar-refractivity contribution in [3.05, 3.63) is 23.3 Å². The Kier molecular flexibility index (Phi) is 4.46. The normalized spacial score (nSPS) is 22.1. The maximum atomic E-state index is 5.78. The molecule has 1 nitrogen and oxygen atoms in total. The third-order valence-electron chi connectivity index (χ3n) is 3.34. The zero-order chi connectivity index (χ0) is 10.3. The summed E-state index contributed by atoms with van der Waals surface area (Å²) in [5.41, 5.74) is 3.05. The minimum Gasteiger partial charge on any atom is -0.373 e. The largest absolute Gasteiger partial charge is 0.373 e. The molecular weight excluding hydrogens is 184 g/mol. The van der Waals surface area contributed by atoms with Crippen molar-refractivity contribution in [3.63, 3.8) is 0 Å². The van der Waals surface area contributed by atoms with Crippen LogP contribution in [0.4, 0.5) is 0 Å². The maximum Gasteiger partial charge on any atom is 0.0681 e. The van der Waals surface area contributed by atoms with Crippen molar-refractivity contribution in [2.24, 2.45) is 0 Å². The quantitative estimate of drug-likeness (QED) is 0.632. The topological polar surface area (TPSA) is 9.23 Å². The van der Waals surface area contributed by atoms with E-state index in [0.29, 0.717) is 0 Å². The van der Waals surface area contributed by atoms with Crippen LogP contribution in [0.15, 0.2) is 23.3 Å². The smallest absolute Gasteiger partial charge is 0.0681 e. The molecule has 0 heterocycles. The van der Waals surface area contributed by atoms with E-state index >= 15 is 0 Å². The summed E-state index contributed by atoms with van der Waals surface area (Å²) < 4.78 is 5.78. The van der Waals surface area contributed by atoms with E-state index in [4.69, 9.17) is 4.74 Å². The van der Waals surface area contributed by atoms with Crippen LogP contribution >= 0.6 is 0 Å². The lowest BCUT2D eigenvalue weighted by Crippen LogP contribution is -2.06. The highest BCUT2D eigenvalue weighted by molar-refractivity contribution is 5.07. The predicted octanol–water partition coefficient (Wildman–Crippen LogP) is 4.00. The second kappa shape index (κ2) is 6.12. The second-order valence-corrected chi connectivity index (χ2v) is 4.71. The molecule has 1 heteroatoms. The molecule has 0 aromatic rings. The van der Waals surface area contributed by atoms with Crippen molar-refractivity contribution in [2.75, 3.05) is 13.2 Å². The lowest BCUT2D eigenvalue weighted by molar-refractivity contribution is 0.173. The van der Waals surface area contributed by atoms with E-state index in [9.17, 15) is 0 Å². The van der Waals surface area contributed by atoms with Gasteiger partial charge >= 0.3 is 0 Å². The molecule has 0 N–H and O–H groups in total. The van der Waals surface area contributed by atoms with Gasteiger partial charge in [0.15, 0.2) is 0 Å². The standard InChI is InChI=1S/C14H22O/c1-3-7-13(8-4-1)11-15-12-14-9-5-2-6-10-14/h7,9H,1-6,8,10-12H2. The lowest BCUT2D eigenvalue weighted by Gasteiger charge is -2.15. The Morgan fingerprint density at radius 3 is 1.73 bits per heavy atom. The molecule has 0 spiro atoms. The van der Waals surface area contributed by atoms with E-state index in [1.54, 1.807) is 0 Å². The zero-order valence-electron chi connectivity index (χ0n) is 9.63. The van der Waals surface area contributed by atoms with Crippen LogP contribution in [-0.4, -0.2) is 13.2 Å². The average Bonchev–Trinajstić information content (AvgIpc) is 2.32. The number of hydrogen-bond donors (Lipinski definition) is 0. The first-order chi connectivity index (χ1) is 7.45. The van der Waals surface area contributed by atoms with Gasteiger partial charge < -0.3 is 4.74 Å². The van der Waals surface area contributed by atoms with Crippen LogP contribution < -0.4 is 0 Å². The zero-order valence-corrected chi connectivity index (χ0v) is 9.63. The van der Waals surface area contributed by atoms with E-state index in [1.165, 1.54) is 62.5 Å². The average molecular weight is 206 g/mol. The molecule has 84 valence electrons. The molecule has 2 rings (SSSR count). The van der Waals surface area contributed by atoms with Gasteiger partial charge in [-0.25, -0.2) is 0 Å². The Morgan fingerprint density at radius 1 is 0.800 bits per heavy atom. The molecule has 0 amide bonds. The number of hydrogen-bond acceptors (Lipinski definition) is 1. The predicted molar refractivity (Wildman–Crippen MR) is 63.9 cm³/mol. The van der Waals surface area contributed by atoms with E-state index in [1.807, 2.05) is 0 Å². The van der Waals surface area contributed by atoms with Crippen LogP contribution in [-0.2, 0) is 4.74 Å². The number of rotatable bonds is 4. The van der Waals surface area contributed by atoms with Crippen molar-refractivity contribution < 1.29 is 4.74 Å². The SMILES string of the molecule is C1=C(COCC2=CCCCC2)CCCC1. The molecule has 0 aromatic heterocycles. The van der Waals surface area contributed by atoms with Crippen LogP contribution in [0.25, 0.3) is 0 Å². The Hall–Kier alpha value is -0.560. The summed E-state index contributed by atoms with van der Waals surface area (Å²) >= 11 is 0. The summed E-state index contributed by atoms with van der Waals surface area (Å²) in [7, 11) is 0. The minimum atomic E-state index is 0.872. The van der Waals surface area contributed by atoms with Crippen LogP contribution in [0, 0.1) is 0 Å². The molecule has 0 saturated carbocycles. The Labute approximate surface area is 93.2 Å². The Morgan fingerprint density at radius 2 is 1.33 bits per heavy atom. The fourth-order valence-electron chi connectivity index (χ4n) is 2.38. The van der Waals surface area contributed by atoms with Crippen molar-refractivity contribution in [1.29, 1.82) is 0 Å². The first kappa shape index (κ1) is 10.9. The molecule has 0 aromatic carbocycles. The summed E-state index contributed by atoms with van der Waals surface area (Å²) in [5.74, 6) is 0. The van der Waals surface area contributed by atoms with Gasteiger partial charge in [0.1, 0.15) is 0 Å². The fraction of sp³-hybridized carbons (Fsp3) is 0.714. The molecule has 2 aliphatic rings. The monoisotopic (exact) mass is 206 g/mol. The summed E-state index contributed by atoms with van der Waals surface area (Å²) in [4.78, 5) is 0. The molecule has 0 unspecified atom stereocenters. The van der Waals surface area contributed by atoms with Gasteiger partial charge in [-0.05, 0) is 62.5 Å². The molecule has 0 bridgehead atoms. The van der Waals surface area contributed by atoms with Crippen LogP contribution in [0.3, 0.4) is 0 Å². The van der Waals surface area contributed by atoms with Crippen molar-refractivity contribution in [3.8, 4) is 0 Å². The van der Waals surface area contributed by atoms with Crippen LogP contribution in [0.2, 0.25) is 0 Å². The first-order valence-corrected chi connectivity index (χ1v) is 6.39. The Bertz CT molecular complexity index is 224. The second-order valence-electron chi connectivity index (χ2n) is 4.71. The first-order valence-electron chi connectivity index (χ1n) is 6.39. The third kappa shape index (κ3) is 3.83. The van der Waals surface area contributed by atoms with Crippen molar-refractivity contribution in [2.45, 2.75) is 51.4 Å². The third-order valence-corrected chi connectivity index (χ3v) is 3.34. The lowest BCUT2D eigenvalue weighted by atomic mass is 9.99. The summed E-state index contributed by atoms with van der Waals surface area (Å²) in [6, 6.07) is 0. The Balaban J connectivity index is 1.65. The van der Waals surface area contributed by atoms with E-state index in [-0.39, 0.29) is 0 Å². The molecule has 0 aliphatic heterocycles. The molecule has 0 saturated heterocycles. The minimum absolute atomic E-state index is 0.872. The maximum absolute atomic E-state index is 5.78. The molecule has 0 fully saturated rings. The number of ether oxygens (including phenoxy) is 1. The van der Waals surface area contributed by atoms with Gasteiger partial charge in [-0.15, -0.1) is 0 Å². The molecular formula is C14H22O. The molecule has 0 radical (unpaired) electrons. The van der Waals surface area contributed by atoms with Gasteiger partial charge in [0.25, 0.3) is 0 Å². The fourth-order valence-corrected chi connectivity index (χ4v) is 2.38. The summed E-state index contributed by atoms with van der Waals surface area (Å²) in [6.07, 6.45) is 15.3. The van der Waals surface area contributed by atoms with E-state index in [0.717, 1.165) is 13.2 Å². The van der Waals surface area contributed by atoms with E-state index < -0.39 is 0 Å². The highest BCUT2D eigenvalue weighted by atomic mass is 16.5. The molecule has 0 atom stereocenters. The van der Waals surface area contributed by atoms with Gasteiger partial charge in [-0.1, -0.05) is 12.2 Å². The van der Waals surface area contributed by atoms with Gasteiger partial charge in [0, 0.05) is 0 Å². The highest BCUT2D eigenvalue weighted by Gasteiger charge is 2.06. The van der Waals surface area contributed by atoms with Gasteiger partial charge in [0.2, 0.25) is 0 Å². The van der Waals surface area contributed by atoms with Crippen LogP contribution in [0.5, 0.6) is 0 Å². The summed E-state index contributed by atoms with van der Waals surface area (Å²) in [6.45, 7) is 1.74. The van der Waals surface area contributed by atoms with E-state index in [2.05, 4.69) is 12.2 Å².